The second-order valence-corrected chi connectivity index (χ2v) is 6.25. The molecule has 0 atom stereocenters. The van der Waals surface area contributed by atoms with Crippen LogP contribution in [-0.2, 0) is 4.79 Å². The Labute approximate surface area is 133 Å². The van der Waals surface area contributed by atoms with Gasteiger partial charge in [-0.2, -0.15) is 5.01 Å². The topological polar surface area (TPSA) is 66.5 Å². The Morgan fingerprint density at radius 1 is 1.18 bits per heavy atom. The molecule has 0 radical (unpaired) electrons. The third-order valence-electron chi connectivity index (χ3n) is 4.38. The summed E-state index contributed by atoms with van der Waals surface area (Å²) in [6, 6.07) is 3.27. The van der Waals surface area contributed by atoms with Crippen LogP contribution in [0.5, 0.6) is 0 Å². The Morgan fingerprint density at radius 3 is 2.55 bits per heavy atom. The van der Waals surface area contributed by atoms with Gasteiger partial charge in [0.15, 0.2) is 0 Å². The van der Waals surface area contributed by atoms with Crippen LogP contribution in [0.3, 0.4) is 0 Å². The van der Waals surface area contributed by atoms with Gasteiger partial charge in [0.2, 0.25) is 5.91 Å². The van der Waals surface area contributed by atoms with Crippen molar-refractivity contribution in [1.82, 2.24) is 10.4 Å². The number of hydrogen-bond donors (Lipinski definition) is 1. The highest BCUT2D eigenvalue weighted by Crippen LogP contribution is 2.31. The molecule has 116 valence electrons. The lowest BCUT2D eigenvalue weighted by Crippen LogP contribution is -2.48. The van der Waals surface area contributed by atoms with Crippen LogP contribution in [0.2, 0.25) is 5.02 Å². The van der Waals surface area contributed by atoms with Gasteiger partial charge in [0.25, 0.3) is 11.8 Å². The molecular formula is C16H17ClN2O3. The number of nitrogens with one attached hydrogen (secondary N) is 1. The molecule has 6 heteroatoms. The summed E-state index contributed by atoms with van der Waals surface area (Å²) in [5.74, 6) is -1.47. The smallest absolute Gasteiger partial charge is 0.273 e. The highest BCUT2D eigenvalue weighted by molar-refractivity contribution is 6.37. The van der Waals surface area contributed by atoms with Crippen molar-refractivity contribution in [3.05, 3.63) is 33.8 Å². The Bertz CT molecular complexity index is 666. The second-order valence-electron chi connectivity index (χ2n) is 5.88. The number of carbonyl (C=O) groups is 3. The number of hydrazine groups is 1. The summed E-state index contributed by atoms with van der Waals surface area (Å²) in [5, 5.41) is 1.07. The fourth-order valence-corrected chi connectivity index (χ4v) is 3.31. The van der Waals surface area contributed by atoms with E-state index >= 15 is 0 Å². The van der Waals surface area contributed by atoms with E-state index in [4.69, 9.17) is 11.6 Å². The number of hydrogen-bond acceptors (Lipinski definition) is 3. The molecule has 1 saturated carbocycles. The quantitative estimate of drug-likeness (QED) is 0.852. The Balaban J connectivity index is 1.82. The standard InChI is InChI=1S/C16H17ClN2O3/c1-9-7-8-11-12(13(9)17)16(22)19(15(11)21)18-14(20)10-5-3-2-4-6-10/h7-8,10H,2-6H2,1H3,(H,18,20). The molecule has 0 bridgehead atoms. The first-order chi connectivity index (χ1) is 10.5. The van der Waals surface area contributed by atoms with E-state index in [0.717, 1.165) is 42.7 Å². The number of imide groups is 1. The van der Waals surface area contributed by atoms with E-state index in [-0.39, 0.29) is 28.0 Å². The maximum atomic E-state index is 12.4. The highest BCUT2D eigenvalue weighted by Gasteiger charge is 2.39. The Morgan fingerprint density at radius 2 is 1.86 bits per heavy atom. The van der Waals surface area contributed by atoms with E-state index in [0.29, 0.717) is 0 Å². The van der Waals surface area contributed by atoms with Gasteiger partial charge in [0.05, 0.1) is 16.1 Å². The minimum atomic E-state index is -0.558. The van der Waals surface area contributed by atoms with Gasteiger partial charge in [0, 0.05) is 5.92 Å². The number of amides is 3. The molecule has 0 saturated heterocycles. The number of carbonyl (C=O) groups excluding carboxylic acids is 3. The molecule has 2 aliphatic rings. The maximum absolute atomic E-state index is 12.4. The molecule has 1 heterocycles. The van der Waals surface area contributed by atoms with Gasteiger partial charge >= 0.3 is 0 Å². The SMILES string of the molecule is Cc1ccc2c(c1Cl)C(=O)N(NC(=O)C1CCCCC1)C2=O. The third-order valence-corrected chi connectivity index (χ3v) is 4.87. The molecule has 1 aromatic rings. The summed E-state index contributed by atoms with van der Waals surface area (Å²) < 4.78 is 0. The van der Waals surface area contributed by atoms with Crippen molar-refractivity contribution in [2.75, 3.05) is 0 Å². The molecule has 1 aliphatic carbocycles. The summed E-state index contributed by atoms with van der Waals surface area (Å²) in [4.78, 5) is 37.0. The fraction of sp³-hybridized carbons (Fsp3) is 0.438. The van der Waals surface area contributed by atoms with Gasteiger partial charge in [-0.3, -0.25) is 19.8 Å². The van der Waals surface area contributed by atoms with E-state index in [1.54, 1.807) is 19.1 Å². The summed E-state index contributed by atoms with van der Waals surface area (Å²) in [6.45, 7) is 1.77. The average molecular weight is 321 g/mol. The van der Waals surface area contributed by atoms with Gasteiger partial charge in [-0.25, -0.2) is 0 Å². The first kappa shape index (κ1) is 15.0. The minimum absolute atomic E-state index is 0.129. The zero-order chi connectivity index (χ0) is 15.9. The normalized spacial score (nSPS) is 18.5. The van der Waals surface area contributed by atoms with Crippen molar-refractivity contribution in [3.63, 3.8) is 0 Å². The molecule has 5 nitrogen and oxygen atoms in total. The van der Waals surface area contributed by atoms with Crippen molar-refractivity contribution < 1.29 is 14.4 Å². The molecule has 1 N–H and O–H groups in total. The molecule has 1 aliphatic heterocycles. The highest BCUT2D eigenvalue weighted by atomic mass is 35.5. The predicted octanol–water partition coefficient (Wildman–Crippen LogP) is 2.86. The van der Waals surface area contributed by atoms with E-state index < -0.39 is 11.8 Å². The van der Waals surface area contributed by atoms with E-state index in [2.05, 4.69) is 5.43 Å². The number of benzene rings is 1. The van der Waals surface area contributed by atoms with Crippen LogP contribution in [-0.4, -0.2) is 22.7 Å². The fourth-order valence-electron chi connectivity index (χ4n) is 3.06. The van der Waals surface area contributed by atoms with Gasteiger partial charge in [-0.15, -0.1) is 0 Å². The summed E-state index contributed by atoms with van der Waals surface area (Å²) in [7, 11) is 0. The van der Waals surface area contributed by atoms with Crippen LogP contribution in [0, 0.1) is 12.8 Å². The zero-order valence-electron chi connectivity index (χ0n) is 12.3. The van der Waals surface area contributed by atoms with Gasteiger partial charge in [0.1, 0.15) is 0 Å². The van der Waals surface area contributed by atoms with E-state index in [1.807, 2.05) is 0 Å². The molecule has 3 amide bonds. The van der Waals surface area contributed by atoms with Crippen molar-refractivity contribution in [2.24, 2.45) is 5.92 Å². The zero-order valence-corrected chi connectivity index (χ0v) is 13.1. The molecule has 0 unspecified atom stereocenters. The number of rotatable bonds is 2. The van der Waals surface area contributed by atoms with Crippen molar-refractivity contribution >= 4 is 29.3 Å². The van der Waals surface area contributed by atoms with Gasteiger partial charge < -0.3 is 0 Å². The van der Waals surface area contributed by atoms with Crippen molar-refractivity contribution in [2.45, 2.75) is 39.0 Å². The van der Waals surface area contributed by atoms with Crippen LogP contribution in [0.25, 0.3) is 0 Å². The molecule has 0 spiro atoms. The molecule has 0 aromatic heterocycles. The van der Waals surface area contributed by atoms with Crippen LogP contribution in [0.15, 0.2) is 12.1 Å². The maximum Gasteiger partial charge on any atom is 0.282 e. The summed E-state index contributed by atoms with van der Waals surface area (Å²) in [6.07, 6.45) is 4.74. The second kappa shape index (κ2) is 5.72. The molecule has 1 aromatic carbocycles. The van der Waals surface area contributed by atoms with Crippen molar-refractivity contribution in [1.29, 1.82) is 0 Å². The number of aryl methyl sites for hydroxylation is 1. The number of halogens is 1. The number of fused-ring (bicyclic) bond motifs is 1. The first-order valence-corrected chi connectivity index (χ1v) is 7.87. The number of nitrogens with zero attached hydrogens (tertiary/aromatic N) is 1. The lowest BCUT2D eigenvalue weighted by Gasteiger charge is -2.23. The van der Waals surface area contributed by atoms with Crippen LogP contribution < -0.4 is 5.43 Å². The average Bonchev–Trinajstić information content (AvgIpc) is 2.77. The molecular weight excluding hydrogens is 304 g/mol. The van der Waals surface area contributed by atoms with Crippen LogP contribution in [0.4, 0.5) is 0 Å². The Kier molecular flexibility index (Phi) is 3.91. The Hall–Kier alpha value is -1.88. The van der Waals surface area contributed by atoms with Crippen LogP contribution in [0.1, 0.15) is 58.4 Å². The lowest BCUT2D eigenvalue weighted by molar-refractivity contribution is -0.129. The molecule has 3 rings (SSSR count). The first-order valence-electron chi connectivity index (χ1n) is 7.49. The van der Waals surface area contributed by atoms with E-state index in [9.17, 15) is 14.4 Å². The molecule has 1 fully saturated rings. The monoisotopic (exact) mass is 320 g/mol. The van der Waals surface area contributed by atoms with Crippen molar-refractivity contribution in [3.8, 4) is 0 Å². The largest absolute Gasteiger partial charge is 0.282 e. The van der Waals surface area contributed by atoms with Gasteiger partial charge in [-0.1, -0.05) is 36.9 Å². The van der Waals surface area contributed by atoms with E-state index in [1.165, 1.54) is 0 Å². The van der Waals surface area contributed by atoms with Gasteiger partial charge in [-0.05, 0) is 31.4 Å². The predicted molar refractivity (Wildman–Crippen MR) is 81.4 cm³/mol. The summed E-state index contributed by atoms with van der Waals surface area (Å²) >= 11 is 6.14. The van der Waals surface area contributed by atoms with Crippen LogP contribution >= 0.6 is 11.6 Å². The molecule has 22 heavy (non-hydrogen) atoms. The third kappa shape index (κ3) is 2.39. The lowest BCUT2D eigenvalue weighted by atomic mass is 9.89. The summed E-state index contributed by atoms with van der Waals surface area (Å²) in [5.41, 5.74) is 3.62. The minimum Gasteiger partial charge on any atom is -0.273 e.